The number of carbonyl (C=O) groups is 1. The van der Waals surface area contributed by atoms with E-state index >= 15 is 0 Å². The molecule has 0 spiro atoms. The van der Waals surface area contributed by atoms with Crippen molar-refractivity contribution in [3.05, 3.63) is 58.7 Å². The predicted octanol–water partition coefficient (Wildman–Crippen LogP) is 2.91. The smallest absolute Gasteiger partial charge is 0.259 e. The second-order valence-corrected chi connectivity index (χ2v) is 9.71. The Morgan fingerprint density at radius 2 is 2.07 bits per heavy atom. The summed E-state index contributed by atoms with van der Waals surface area (Å²) in [7, 11) is -2.67. The first-order valence-corrected chi connectivity index (χ1v) is 11.3. The number of hydrogen-bond donors (Lipinski definition) is 1. The van der Waals surface area contributed by atoms with Crippen molar-refractivity contribution in [3.8, 4) is 5.75 Å². The van der Waals surface area contributed by atoms with Crippen LogP contribution in [0.3, 0.4) is 0 Å². The Hall–Kier alpha value is -2.53. The third kappa shape index (κ3) is 3.56. The highest BCUT2D eigenvalue weighted by molar-refractivity contribution is 7.89. The molecule has 30 heavy (non-hydrogen) atoms. The zero-order valence-corrected chi connectivity index (χ0v) is 17.6. The molecule has 1 aliphatic heterocycles. The number of carbonyl (C=O) groups excluding carboxylic acids is 1. The van der Waals surface area contributed by atoms with Gasteiger partial charge < -0.3 is 15.2 Å². The zero-order valence-electron chi connectivity index (χ0n) is 16.0. The molecule has 0 unspecified atom stereocenters. The van der Waals surface area contributed by atoms with E-state index in [1.165, 1.54) is 34.9 Å². The second kappa shape index (κ2) is 7.95. The lowest BCUT2D eigenvalue weighted by atomic mass is 10.0. The number of primary amides is 1. The molecule has 1 aromatic heterocycles. The van der Waals surface area contributed by atoms with Gasteiger partial charge in [-0.2, -0.15) is 4.31 Å². The molecule has 7 nitrogen and oxygen atoms in total. The van der Waals surface area contributed by atoms with Crippen LogP contribution in [-0.2, 0) is 14.8 Å². The standard InChI is InChI=1S/C20H19FN2O5S2/c1-27-15-7-6-12(10-14(15)21)30(25,26)23-8-9-28-16(11-23)18-13-4-2-3-5-17(13)29-19(18)20(22)24/h2-7,10,16H,8-9,11H2,1H3,(H2,22,24)/t16-/m0/s1. The largest absolute Gasteiger partial charge is 0.494 e. The van der Waals surface area contributed by atoms with E-state index in [-0.39, 0.29) is 30.3 Å². The van der Waals surface area contributed by atoms with Gasteiger partial charge in [0.05, 0.1) is 29.6 Å². The minimum atomic E-state index is -3.97. The molecule has 0 bridgehead atoms. The van der Waals surface area contributed by atoms with Gasteiger partial charge in [-0.3, -0.25) is 4.79 Å². The zero-order chi connectivity index (χ0) is 21.5. The number of methoxy groups -OCH3 is 1. The Bertz CT molecular complexity index is 1230. The topological polar surface area (TPSA) is 98.9 Å². The lowest BCUT2D eigenvalue weighted by molar-refractivity contribution is -0.00189. The second-order valence-electron chi connectivity index (χ2n) is 6.72. The van der Waals surface area contributed by atoms with Crippen LogP contribution in [0.15, 0.2) is 47.4 Å². The number of nitrogens with two attached hydrogens (primary N) is 1. The Balaban J connectivity index is 1.71. The molecule has 2 heterocycles. The van der Waals surface area contributed by atoms with Crippen molar-refractivity contribution in [2.75, 3.05) is 26.8 Å². The molecule has 1 aliphatic rings. The van der Waals surface area contributed by atoms with E-state index in [2.05, 4.69) is 0 Å². The number of hydrogen-bond acceptors (Lipinski definition) is 6. The highest BCUT2D eigenvalue weighted by Gasteiger charge is 2.35. The highest BCUT2D eigenvalue weighted by atomic mass is 32.2. The predicted molar refractivity (Wildman–Crippen MR) is 111 cm³/mol. The van der Waals surface area contributed by atoms with Crippen LogP contribution in [0.4, 0.5) is 4.39 Å². The van der Waals surface area contributed by atoms with Gasteiger partial charge in [-0.25, -0.2) is 12.8 Å². The fourth-order valence-electron chi connectivity index (χ4n) is 3.54. The molecule has 1 fully saturated rings. The number of halogens is 1. The number of fused-ring (bicyclic) bond motifs is 1. The molecule has 10 heteroatoms. The van der Waals surface area contributed by atoms with Crippen LogP contribution in [0.5, 0.6) is 5.75 Å². The molecule has 2 aromatic carbocycles. The summed E-state index contributed by atoms with van der Waals surface area (Å²) in [6.07, 6.45) is -0.671. The van der Waals surface area contributed by atoms with Crippen molar-refractivity contribution in [1.82, 2.24) is 4.31 Å². The van der Waals surface area contributed by atoms with Gasteiger partial charge in [-0.05, 0) is 29.7 Å². The number of morpholine rings is 1. The summed E-state index contributed by atoms with van der Waals surface area (Å²) < 4.78 is 53.1. The maximum Gasteiger partial charge on any atom is 0.259 e. The minimum absolute atomic E-state index is 0.0169. The van der Waals surface area contributed by atoms with Gasteiger partial charge in [0.25, 0.3) is 5.91 Å². The number of sulfonamides is 1. The minimum Gasteiger partial charge on any atom is -0.494 e. The molecule has 0 radical (unpaired) electrons. The number of benzene rings is 2. The van der Waals surface area contributed by atoms with Crippen LogP contribution >= 0.6 is 11.3 Å². The van der Waals surface area contributed by atoms with E-state index in [0.717, 1.165) is 16.2 Å². The number of ether oxygens (including phenoxy) is 2. The summed E-state index contributed by atoms with van der Waals surface area (Å²) in [6.45, 7) is 0.225. The molecule has 0 aliphatic carbocycles. The van der Waals surface area contributed by atoms with E-state index < -0.39 is 27.9 Å². The van der Waals surface area contributed by atoms with Crippen molar-refractivity contribution in [3.63, 3.8) is 0 Å². The van der Waals surface area contributed by atoms with E-state index in [1.54, 1.807) is 0 Å². The molecule has 3 aromatic rings. The molecule has 158 valence electrons. The Morgan fingerprint density at radius 1 is 1.30 bits per heavy atom. The summed E-state index contributed by atoms with van der Waals surface area (Å²) in [6, 6.07) is 10.9. The average Bonchev–Trinajstić information content (AvgIpc) is 3.14. The summed E-state index contributed by atoms with van der Waals surface area (Å²) in [4.78, 5) is 12.2. The van der Waals surface area contributed by atoms with E-state index in [9.17, 15) is 17.6 Å². The first kappa shape index (κ1) is 20.7. The van der Waals surface area contributed by atoms with Crippen LogP contribution in [0.1, 0.15) is 21.3 Å². The lowest BCUT2D eigenvalue weighted by Gasteiger charge is -2.32. The normalized spacial score (nSPS) is 17.9. The fourth-order valence-corrected chi connectivity index (χ4v) is 6.09. The summed E-state index contributed by atoms with van der Waals surface area (Å²) in [5.41, 5.74) is 6.16. The Kier molecular flexibility index (Phi) is 5.49. The van der Waals surface area contributed by atoms with Gasteiger partial charge in [0.15, 0.2) is 11.6 Å². The fraction of sp³-hybridized carbons (Fsp3) is 0.250. The van der Waals surface area contributed by atoms with Crippen molar-refractivity contribution in [2.24, 2.45) is 5.73 Å². The van der Waals surface area contributed by atoms with Gasteiger partial charge in [0.2, 0.25) is 10.0 Å². The summed E-state index contributed by atoms with van der Waals surface area (Å²) in [5, 5.41) is 0.802. The van der Waals surface area contributed by atoms with Crippen LogP contribution in [0.25, 0.3) is 10.1 Å². The van der Waals surface area contributed by atoms with Crippen molar-refractivity contribution in [1.29, 1.82) is 0 Å². The Morgan fingerprint density at radius 3 is 2.77 bits per heavy atom. The molecule has 0 saturated carbocycles. The lowest BCUT2D eigenvalue weighted by Crippen LogP contribution is -2.42. The molecule has 1 amide bonds. The molecule has 1 atom stereocenters. The SMILES string of the molecule is COc1ccc(S(=O)(=O)N2CCO[C@H](c3c(C(N)=O)sc4ccccc34)C2)cc1F. The van der Waals surface area contributed by atoms with Crippen molar-refractivity contribution >= 4 is 37.4 Å². The van der Waals surface area contributed by atoms with Gasteiger partial charge in [0, 0.05) is 23.4 Å². The quantitative estimate of drug-likeness (QED) is 0.644. The van der Waals surface area contributed by atoms with Gasteiger partial charge in [-0.15, -0.1) is 11.3 Å². The van der Waals surface area contributed by atoms with Gasteiger partial charge in [-0.1, -0.05) is 18.2 Å². The number of nitrogens with zero attached hydrogens (tertiary/aromatic N) is 1. The molecule has 4 rings (SSSR count). The first-order valence-electron chi connectivity index (χ1n) is 9.09. The molecule has 1 saturated heterocycles. The van der Waals surface area contributed by atoms with Crippen LogP contribution in [0, 0.1) is 5.82 Å². The maximum atomic E-state index is 14.1. The Labute approximate surface area is 176 Å². The van der Waals surface area contributed by atoms with Gasteiger partial charge >= 0.3 is 0 Å². The van der Waals surface area contributed by atoms with Crippen molar-refractivity contribution < 1.29 is 27.1 Å². The molecule has 2 N–H and O–H groups in total. The van der Waals surface area contributed by atoms with Crippen LogP contribution in [-0.4, -0.2) is 45.4 Å². The number of thiophene rings is 1. The number of amides is 1. The summed E-state index contributed by atoms with van der Waals surface area (Å²) in [5.74, 6) is -1.39. The van der Waals surface area contributed by atoms with E-state index in [1.807, 2.05) is 24.3 Å². The van der Waals surface area contributed by atoms with E-state index in [0.29, 0.717) is 10.4 Å². The monoisotopic (exact) mass is 450 g/mol. The molecular weight excluding hydrogens is 431 g/mol. The number of rotatable bonds is 5. The van der Waals surface area contributed by atoms with Gasteiger partial charge in [0.1, 0.15) is 0 Å². The molecular formula is C20H19FN2O5S2. The van der Waals surface area contributed by atoms with Crippen LogP contribution < -0.4 is 10.5 Å². The first-order chi connectivity index (χ1) is 14.3. The van der Waals surface area contributed by atoms with E-state index in [4.69, 9.17) is 15.2 Å². The maximum absolute atomic E-state index is 14.1. The van der Waals surface area contributed by atoms with Crippen molar-refractivity contribution in [2.45, 2.75) is 11.0 Å². The third-order valence-electron chi connectivity index (χ3n) is 4.97. The average molecular weight is 451 g/mol. The summed E-state index contributed by atoms with van der Waals surface area (Å²) >= 11 is 1.25. The third-order valence-corrected chi connectivity index (χ3v) is 8.03. The highest BCUT2D eigenvalue weighted by Crippen LogP contribution is 2.38. The van der Waals surface area contributed by atoms with Crippen LogP contribution in [0.2, 0.25) is 0 Å².